The van der Waals surface area contributed by atoms with E-state index in [1.54, 1.807) is 19.9 Å². The SMILES string of the molecule is Cc1cc(OC(F)F)c(C)cc1Nc1nc(=O)c(Cl)cn1Cc1ccc(F)c(F)c1. The molecule has 158 valence electrons. The zero-order valence-electron chi connectivity index (χ0n) is 15.8. The van der Waals surface area contributed by atoms with Crippen LogP contribution in [-0.2, 0) is 6.54 Å². The molecule has 0 radical (unpaired) electrons. The number of nitrogens with one attached hydrogen (secondary N) is 1. The molecule has 3 rings (SSSR count). The van der Waals surface area contributed by atoms with Gasteiger partial charge >= 0.3 is 6.61 Å². The number of halogens is 5. The van der Waals surface area contributed by atoms with Crippen LogP contribution in [0.3, 0.4) is 0 Å². The lowest BCUT2D eigenvalue weighted by atomic mass is 10.1. The van der Waals surface area contributed by atoms with E-state index in [0.29, 0.717) is 22.4 Å². The van der Waals surface area contributed by atoms with Crippen LogP contribution in [0.2, 0.25) is 5.02 Å². The number of hydrogen-bond acceptors (Lipinski definition) is 4. The Balaban J connectivity index is 1.98. The molecule has 10 heteroatoms. The fraction of sp³-hybridized carbons (Fsp3) is 0.200. The molecule has 0 spiro atoms. The molecule has 1 N–H and O–H groups in total. The van der Waals surface area contributed by atoms with Crippen LogP contribution in [0.4, 0.5) is 29.2 Å². The Morgan fingerprint density at radius 3 is 2.53 bits per heavy atom. The molecule has 0 atom stereocenters. The van der Waals surface area contributed by atoms with E-state index in [4.69, 9.17) is 11.6 Å². The van der Waals surface area contributed by atoms with Gasteiger partial charge in [0.1, 0.15) is 10.8 Å². The van der Waals surface area contributed by atoms with E-state index < -0.39 is 23.8 Å². The first-order valence-electron chi connectivity index (χ1n) is 8.68. The molecule has 0 saturated carbocycles. The van der Waals surface area contributed by atoms with E-state index in [2.05, 4.69) is 15.0 Å². The molecule has 0 fully saturated rings. The van der Waals surface area contributed by atoms with E-state index in [1.165, 1.54) is 22.9 Å². The molecule has 2 aromatic carbocycles. The number of hydrogen-bond donors (Lipinski definition) is 1. The Morgan fingerprint density at radius 1 is 1.13 bits per heavy atom. The summed E-state index contributed by atoms with van der Waals surface area (Å²) in [6, 6.07) is 6.40. The van der Waals surface area contributed by atoms with Gasteiger partial charge < -0.3 is 14.6 Å². The highest BCUT2D eigenvalue weighted by atomic mass is 35.5. The quantitative estimate of drug-likeness (QED) is 0.535. The third kappa shape index (κ3) is 4.91. The molecule has 0 bridgehead atoms. The van der Waals surface area contributed by atoms with Crippen molar-refractivity contribution in [3.8, 4) is 5.75 Å². The lowest BCUT2D eigenvalue weighted by Crippen LogP contribution is -2.18. The molecule has 0 aliphatic rings. The van der Waals surface area contributed by atoms with Gasteiger partial charge in [0, 0.05) is 11.9 Å². The summed E-state index contributed by atoms with van der Waals surface area (Å²) in [6.07, 6.45) is 1.32. The second-order valence-electron chi connectivity index (χ2n) is 6.53. The molecule has 5 nitrogen and oxygen atoms in total. The topological polar surface area (TPSA) is 56.1 Å². The van der Waals surface area contributed by atoms with E-state index >= 15 is 0 Å². The lowest BCUT2D eigenvalue weighted by Gasteiger charge is -2.17. The highest BCUT2D eigenvalue weighted by molar-refractivity contribution is 6.30. The average molecular weight is 442 g/mol. The zero-order valence-corrected chi connectivity index (χ0v) is 16.6. The fourth-order valence-corrected chi connectivity index (χ4v) is 2.95. The lowest BCUT2D eigenvalue weighted by molar-refractivity contribution is -0.0503. The van der Waals surface area contributed by atoms with Gasteiger partial charge in [-0.05, 0) is 54.8 Å². The Kier molecular flexibility index (Phi) is 6.31. The second kappa shape index (κ2) is 8.74. The summed E-state index contributed by atoms with van der Waals surface area (Å²) in [6.45, 7) is 0.331. The smallest absolute Gasteiger partial charge is 0.387 e. The summed E-state index contributed by atoms with van der Waals surface area (Å²) in [5.74, 6) is -1.89. The third-order valence-corrected chi connectivity index (χ3v) is 4.53. The van der Waals surface area contributed by atoms with Gasteiger partial charge in [-0.1, -0.05) is 17.7 Å². The molecule has 0 aliphatic heterocycles. The minimum atomic E-state index is -2.96. The van der Waals surface area contributed by atoms with Gasteiger partial charge in [-0.2, -0.15) is 13.8 Å². The van der Waals surface area contributed by atoms with Gasteiger partial charge in [-0.15, -0.1) is 0 Å². The zero-order chi connectivity index (χ0) is 22.0. The molecule has 0 saturated heterocycles. The molecule has 0 aliphatic carbocycles. The fourth-order valence-electron chi connectivity index (χ4n) is 2.79. The van der Waals surface area contributed by atoms with E-state index in [-0.39, 0.29) is 23.3 Å². The van der Waals surface area contributed by atoms with E-state index in [0.717, 1.165) is 12.1 Å². The van der Waals surface area contributed by atoms with Crippen LogP contribution in [0.5, 0.6) is 5.75 Å². The maximum atomic E-state index is 13.5. The van der Waals surface area contributed by atoms with Gasteiger partial charge in [0.2, 0.25) is 5.95 Å². The van der Waals surface area contributed by atoms with Crippen molar-refractivity contribution < 1.29 is 22.3 Å². The van der Waals surface area contributed by atoms with Crippen molar-refractivity contribution in [2.75, 3.05) is 5.32 Å². The number of aromatic nitrogens is 2. The Bertz CT molecular complexity index is 1150. The third-order valence-electron chi connectivity index (χ3n) is 4.27. The number of alkyl halides is 2. The molecule has 1 heterocycles. The number of benzene rings is 2. The summed E-state index contributed by atoms with van der Waals surface area (Å²) < 4.78 is 57.7. The predicted molar refractivity (Wildman–Crippen MR) is 105 cm³/mol. The first-order chi connectivity index (χ1) is 14.1. The standard InChI is InChI=1S/C20H16ClF4N3O2/c1-10-6-17(30-19(24)25)11(2)5-16(10)26-20-27-18(29)13(21)9-28(20)8-12-3-4-14(22)15(23)7-12/h3-7,9,19H,8H2,1-2H3,(H,26,27,29). The van der Waals surface area contributed by atoms with Crippen molar-refractivity contribution in [2.24, 2.45) is 0 Å². The highest BCUT2D eigenvalue weighted by Crippen LogP contribution is 2.29. The largest absolute Gasteiger partial charge is 0.435 e. The van der Waals surface area contributed by atoms with Gasteiger partial charge in [-0.25, -0.2) is 8.78 Å². The molecule has 3 aromatic rings. The van der Waals surface area contributed by atoms with Gasteiger partial charge in [0.15, 0.2) is 11.6 Å². The number of rotatable bonds is 6. The van der Waals surface area contributed by atoms with Crippen LogP contribution in [0.15, 0.2) is 41.3 Å². The molecule has 1 aromatic heterocycles. The van der Waals surface area contributed by atoms with Crippen molar-refractivity contribution in [3.05, 3.63) is 80.2 Å². The van der Waals surface area contributed by atoms with Gasteiger partial charge in [0.05, 0.1) is 6.54 Å². The normalized spacial score (nSPS) is 11.1. The molecule has 0 unspecified atom stereocenters. The van der Waals surface area contributed by atoms with Crippen molar-refractivity contribution in [1.82, 2.24) is 9.55 Å². The van der Waals surface area contributed by atoms with Crippen molar-refractivity contribution >= 4 is 23.2 Å². The maximum Gasteiger partial charge on any atom is 0.387 e. The number of nitrogens with zero attached hydrogens (tertiary/aromatic N) is 2. The molecule has 30 heavy (non-hydrogen) atoms. The summed E-state index contributed by atoms with van der Waals surface area (Å²) in [5, 5.41) is 2.80. The average Bonchev–Trinajstić information content (AvgIpc) is 2.66. The minimum Gasteiger partial charge on any atom is -0.435 e. The number of aryl methyl sites for hydroxylation is 2. The highest BCUT2D eigenvalue weighted by Gasteiger charge is 2.14. The van der Waals surface area contributed by atoms with Gasteiger partial charge in [-0.3, -0.25) is 4.79 Å². The summed E-state index contributed by atoms with van der Waals surface area (Å²) in [7, 11) is 0. The van der Waals surface area contributed by atoms with E-state index in [9.17, 15) is 22.4 Å². The van der Waals surface area contributed by atoms with Crippen molar-refractivity contribution in [1.29, 1.82) is 0 Å². The number of ether oxygens (including phenoxy) is 1. The van der Waals surface area contributed by atoms with Crippen LogP contribution in [-0.4, -0.2) is 16.2 Å². The first-order valence-corrected chi connectivity index (χ1v) is 9.06. The second-order valence-corrected chi connectivity index (χ2v) is 6.94. The molecular weight excluding hydrogens is 426 g/mol. The predicted octanol–water partition coefficient (Wildman–Crippen LogP) is 5.19. The van der Waals surface area contributed by atoms with E-state index in [1.807, 2.05) is 0 Å². The molecular formula is C20H16ClF4N3O2. The Hall–Kier alpha value is -3.07. The summed E-state index contributed by atoms with van der Waals surface area (Å²) in [4.78, 5) is 15.8. The minimum absolute atomic E-state index is 0.0243. The van der Waals surface area contributed by atoms with Gasteiger partial charge in [0.25, 0.3) is 5.56 Å². The monoisotopic (exact) mass is 441 g/mol. The maximum absolute atomic E-state index is 13.5. The van der Waals surface area contributed by atoms with Crippen LogP contribution < -0.4 is 15.6 Å². The molecule has 0 amide bonds. The van der Waals surface area contributed by atoms with Crippen molar-refractivity contribution in [3.63, 3.8) is 0 Å². The van der Waals surface area contributed by atoms with Crippen LogP contribution in [0, 0.1) is 25.5 Å². The Labute approximate surface area is 173 Å². The first kappa shape index (κ1) is 21.6. The van der Waals surface area contributed by atoms with Crippen molar-refractivity contribution in [2.45, 2.75) is 27.0 Å². The summed E-state index contributed by atoms with van der Waals surface area (Å²) >= 11 is 5.89. The number of anilines is 2. The Morgan fingerprint density at radius 2 is 1.87 bits per heavy atom. The van der Waals surface area contributed by atoms with Crippen LogP contribution in [0.25, 0.3) is 0 Å². The van der Waals surface area contributed by atoms with Crippen LogP contribution in [0.1, 0.15) is 16.7 Å². The van der Waals surface area contributed by atoms with Crippen LogP contribution >= 0.6 is 11.6 Å². The summed E-state index contributed by atoms with van der Waals surface area (Å²) in [5.41, 5.74) is 1.20.